The van der Waals surface area contributed by atoms with Crippen molar-refractivity contribution in [1.29, 1.82) is 0 Å². The van der Waals surface area contributed by atoms with E-state index in [0.717, 1.165) is 15.8 Å². The second kappa shape index (κ2) is 5.12. The molecule has 0 radical (unpaired) electrons. The molecule has 94 valence electrons. The van der Waals surface area contributed by atoms with Gasteiger partial charge in [-0.2, -0.15) is 0 Å². The first-order valence-corrected chi connectivity index (χ1v) is 6.74. The Kier molecular flexibility index (Phi) is 3.16. The Morgan fingerprint density at radius 1 is 0.947 bits per heavy atom. The molecule has 2 aromatic carbocycles. The van der Waals surface area contributed by atoms with Crippen LogP contribution in [-0.2, 0) is 0 Å². The summed E-state index contributed by atoms with van der Waals surface area (Å²) in [6, 6.07) is 19.4. The highest BCUT2D eigenvalue weighted by Crippen LogP contribution is 2.24. The van der Waals surface area contributed by atoms with Crippen molar-refractivity contribution >= 4 is 33.0 Å². The molecule has 0 atom stereocenters. The zero-order valence-corrected chi connectivity index (χ0v) is 10.9. The fraction of sp³-hybridized carbons (Fsp3) is 0. The molecule has 3 rings (SSSR count). The number of rotatable bonds is 3. The zero-order valence-electron chi connectivity index (χ0n) is 10.1. The Balaban J connectivity index is 1.73. The van der Waals surface area contributed by atoms with Crippen LogP contribution in [0.15, 0.2) is 60.7 Å². The smallest absolute Gasteiger partial charge is 0.279 e. The molecule has 3 nitrogen and oxygen atoms in total. The molecule has 0 aliphatic rings. The van der Waals surface area contributed by atoms with Crippen molar-refractivity contribution in [2.45, 2.75) is 0 Å². The quantitative estimate of drug-likeness (QED) is 0.712. The van der Waals surface area contributed by atoms with E-state index >= 15 is 0 Å². The van der Waals surface area contributed by atoms with Gasteiger partial charge in [0.15, 0.2) is 0 Å². The number of hydrazine groups is 1. The molecule has 4 heteroatoms. The predicted octanol–water partition coefficient (Wildman–Crippen LogP) is 3.66. The van der Waals surface area contributed by atoms with Crippen LogP contribution in [0.25, 0.3) is 10.1 Å². The van der Waals surface area contributed by atoms with Crippen molar-refractivity contribution in [1.82, 2.24) is 5.43 Å². The number of amides is 1. The van der Waals surface area contributed by atoms with Gasteiger partial charge in [0.25, 0.3) is 5.91 Å². The van der Waals surface area contributed by atoms with E-state index < -0.39 is 0 Å². The highest BCUT2D eigenvalue weighted by Gasteiger charge is 2.09. The van der Waals surface area contributed by atoms with Crippen LogP contribution in [0.2, 0.25) is 0 Å². The van der Waals surface area contributed by atoms with E-state index in [1.54, 1.807) is 0 Å². The molecule has 3 aromatic rings. The fourth-order valence-electron chi connectivity index (χ4n) is 1.81. The summed E-state index contributed by atoms with van der Waals surface area (Å²) in [5, 5.41) is 1.09. The number of thiophene rings is 1. The van der Waals surface area contributed by atoms with Crippen molar-refractivity contribution in [2.24, 2.45) is 0 Å². The SMILES string of the molecule is O=C(NNc1ccccc1)c1cc2ccccc2s1. The molecule has 0 unspecified atom stereocenters. The second-order valence-corrected chi connectivity index (χ2v) is 5.18. The minimum atomic E-state index is -0.120. The third-order valence-electron chi connectivity index (χ3n) is 2.74. The number of hydrogen-bond acceptors (Lipinski definition) is 3. The Morgan fingerprint density at radius 2 is 1.68 bits per heavy atom. The van der Waals surface area contributed by atoms with Crippen molar-refractivity contribution in [3.63, 3.8) is 0 Å². The van der Waals surface area contributed by atoms with Crippen LogP contribution < -0.4 is 10.9 Å². The molecule has 0 aliphatic carbocycles. The van der Waals surface area contributed by atoms with E-state index in [2.05, 4.69) is 10.9 Å². The number of nitrogens with one attached hydrogen (secondary N) is 2. The normalized spacial score (nSPS) is 10.3. The highest BCUT2D eigenvalue weighted by molar-refractivity contribution is 7.20. The molecule has 0 saturated heterocycles. The van der Waals surface area contributed by atoms with Crippen LogP contribution >= 0.6 is 11.3 Å². The molecule has 0 bridgehead atoms. The van der Waals surface area contributed by atoms with Crippen LogP contribution in [0.5, 0.6) is 0 Å². The van der Waals surface area contributed by atoms with Gasteiger partial charge in [-0.25, -0.2) is 0 Å². The van der Waals surface area contributed by atoms with Gasteiger partial charge >= 0.3 is 0 Å². The summed E-state index contributed by atoms with van der Waals surface area (Å²) in [5.74, 6) is -0.120. The summed E-state index contributed by atoms with van der Waals surface area (Å²) in [4.78, 5) is 12.7. The molecule has 1 aromatic heterocycles. The van der Waals surface area contributed by atoms with Gasteiger partial charge in [0.1, 0.15) is 0 Å². The van der Waals surface area contributed by atoms with Gasteiger partial charge in [-0.15, -0.1) is 11.3 Å². The molecule has 0 aliphatic heterocycles. The lowest BCUT2D eigenvalue weighted by atomic mass is 10.2. The molecule has 1 amide bonds. The summed E-state index contributed by atoms with van der Waals surface area (Å²) in [6.45, 7) is 0. The summed E-state index contributed by atoms with van der Waals surface area (Å²) in [6.07, 6.45) is 0. The zero-order chi connectivity index (χ0) is 13.1. The third kappa shape index (κ3) is 2.58. The fourth-order valence-corrected chi connectivity index (χ4v) is 2.76. The summed E-state index contributed by atoms with van der Waals surface area (Å²) in [7, 11) is 0. The number of carbonyl (C=O) groups is 1. The monoisotopic (exact) mass is 268 g/mol. The topological polar surface area (TPSA) is 41.1 Å². The summed E-state index contributed by atoms with van der Waals surface area (Å²) in [5.41, 5.74) is 6.45. The Labute approximate surface area is 114 Å². The standard InChI is InChI=1S/C15H12N2OS/c18-15(17-16-12-7-2-1-3-8-12)14-10-11-6-4-5-9-13(11)19-14/h1-10,16H,(H,17,18). The first kappa shape index (κ1) is 11.7. The maximum Gasteiger partial charge on any atom is 0.279 e. The van der Waals surface area contributed by atoms with E-state index in [-0.39, 0.29) is 5.91 Å². The number of hydrogen-bond donors (Lipinski definition) is 2. The van der Waals surface area contributed by atoms with Gasteiger partial charge in [-0.1, -0.05) is 36.4 Å². The second-order valence-electron chi connectivity index (χ2n) is 4.09. The molecule has 0 fully saturated rings. The van der Waals surface area contributed by atoms with Crippen LogP contribution in [-0.4, -0.2) is 5.91 Å². The molecular weight excluding hydrogens is 256 g/mol. The number of para-hydroxylation sites is 1. The van der Waals surface area contributed by atoms with Crippen molar-refractivity contribution in [3.05, 3.63) is 65.5 Å². The number of benzene rings is 2. The average Bonchev–Trinajstić information content (AvgIpc) is 2.90. The molecule has 1 heterocycles. The van der Waals surface area contributed by atoms with Gasteiger partial charge in [0.05, 0.1) is 10.6 Å². The highest BCUT2D eigenvalue weighted by atomic mass is 32.1. The predicted molar refractivity (Wildman–Crippen MR) is 79.4 cm³/mol. The van der Waals surface area contributed by atoms with Crippen LogP contribution in [0.4, 0.5) is 5.69 Å². The van der Waals surface area contributed by atoms with Gasteiger partial charge in [0.2, 0.25) is 0 Å². The lowest BCUT2D eigenvalue weighted by molar-refractivity contribution is 0.0967. The van der Waals surface area contributed by atoms with Crippen LogP contribution in [0.1, 0.15) is 9.67 Å². The lowest BCUT2D eigenvalue weighted by Crippen LogP contribution is -2.28. The maximum atomic E-state index is 12.0. The van der Waals surface area contributed by atoms with E-state index in [1.807, 2.05) is 60.7 Å². The van der Waals surface area contributed by atoms with E-state index in [0.29, 0.717) is 4.88 Å². The molecule has 0 spiro atoms. The van der Waals surface area contributed by atoms with Crippen molar-refractivity contribution in [2.75, 3.05) is 5.43 Å². The molecular formula is C15H12N2OS. The number of fused-ring (bicyclic) bond motifs is 1. The van der Waals surface area contributed by atoms with Gasteiger partial charge in [-0.3, -0.25) is 15.6 Å². The van der Waals surface area contributed by atoms with Crippen LogP contribution in [0, 0.1) is 0 Å². The summed E-state index contributed by atoms with van der Waals surface area (Å²) < 4.78 is 1.12. The lowest BCUT2D eigenvalue weighted by Gasteiger charge is -2.06. The average molecular weight is 268 g/mol. The van der Waals surface area contributed by atoms with E-state index in [4.69, 9.17) is 0 Å². The minimum absolute atomic E-state index is 0.120. The molecule has 19 heavy (non-hydrogen) atoms. The van der Waals surface area contributed by atoms with Crippen LogP contribution in [0.3, 0.4) is 0 Å². The third-order valence-corrected chi connectivity index (χ3v) is 3.86. The maximum absolute atomic E-state index is 12.0. The van der Waals surface area contributed by atoms with Gasteiger partial charge in [-0.05, 0) is 29.7 Å². The Bertz CT molecular complexity index is 673. The van der Waals surface area contributed by atoms with E-state index in [1.165, 1.54) is 11.3 Å². The first-order chi connectivity index (χ1) is 9.33. The number of carbonyl (C=O) groups excluding carboxylic acids is 1. The Hall–Kier alpha value is -2.33. The molecule has 2 N–H and O–H groups in total. The van der Waals surface area contributed by atoms with Gasteiger partial charge < -0.3 is 0 Å². The van der Waals surface area contributed by atoms with E-state index in [9.17, 15) is 4.79 Å². The van der Waals surface area contributed by atoms with Crippen molar-refractivity contribution < 1.29 is 4.79 Å². The van der Waals surface area contributed by atoms with Crippen molar-refractivity contribution in [3.8, 4) is 0 Å². The minimum Gasteiger partial charge on any atom is -0.298 e. The molecule has 0 saturated carbocycles. The first-order valence-electron chi connectivity index (χ1n) is 5.93. The number of anilines is 1. The largest absolute Gasteiger partial charge is 0.298 e. The Morgan fingerprint density at radius 3 is 2.47 bits per heavy atom. The van der Waals surface area contributed by atoms with Gasteiger partial charge in [0, 0.05) is 4.70 Å². The summed E-state index contributed by atoms with van der Waals surface area (Å²) >= 11 is 1.49.